The van der Waals surface area contributed by atoms with E-state index in [1.54, 1.807) is 54.6 Å². The zero-order valence-corrected chi connectivity index (χ0v) is 26.3. The van der Waals surface area contributed by atoms with Gasteiger partial charge >= 0.3 is 0 Å². The van der Waals surface area contributed by atoms with Gasteiger partial charge in [0, 0.05) is 19.5 Å². The molecule has 0 aliphatic rings. The van der Waals surface area contributed by atoms with E-state index in [2.05, 4.69) is 5.32 Å². The molecule has 0 radical (unpaired) electrons. The van der Waals surface area contributed by atoms with E-state index in [0.29, 0.717) is 30.9 Å². The lowest BCUT2D eigenvalue weighted by atomic mass is 10.0. The zero-order chi connectivity index (χ0) is 32.2. The fraction of sp³-hybridized carbons (Fsp3) is 0.257. The maximum absolute atomic E-state index is 14.4. The van der Waals surface area contributed by atoms with Gasteiger partial charge in [-0.3, -0.25) is 13.9 Å². The fourth-order valence-corrected chi connectivity index (χ4v) is 6.25. The second-order valence-corrected chi connectivity index (χ2v) is 12.3. The lowest BCUT2D eigenvalue weighted by molar-refractivity contribution is -0.140. The number of amides is 2. The largest absolute Gasteiger partial charge is 0.494 e. The van der Waals surface area contributed by atoms with E-state index in [-0.39, 0.29) is 29.5 Å². The summed E-state index contributed by atoms with van der Waals surface area (Å²) in [7, 11) is -4.23. The van der Waals surface area contributed by atoms with E-state index in [4.69, 9.17) is 4.74 Å². The smallest absolute Gasteiger partial charge is 0.264 e. The number of rotatable bonds is 15. The molecule has 0 saturated heterocycles. The zero-order valence-electron chi connectivity index (χ0n) is 25.4. The second kappa shape index (κ2) is 15.9. The van der Waals surface area contributed by atoms with Crippen molar-refractivity contribution < 1.29 is 27.1 Å². The predicted octanol–water partition coefficient (Wildman–Crippen LogP) is 5.59. The number of benzene rings is 4. The van der Waals surface area contributed by atoms with E-state index in [1.165, 1.54) is 29.2 Å². The highest BCUT2D eigenvalue weighted by Crippen LogP contribution is 2.26. The van der Waals surface area contributed by atoms with Crippen LogP contribution in [0.25, 0.3) is 0 Å². The van der Waals surface area contributed by atoms with Crippen molar-refractivity contribution in [3.05, 3.63) is 126 Å². The molecule has 10 heteroatoms. The van der Waals surface area contributed by atoms with Gasteiger partial charge in [-0.05, 0) is 73.0 Å². The summed E-state index contributed by atoms with van der Waals surface area (Å²) < 4.78 is 48.5. The van der Waals surface area contributed by atoms with E-state index in [9.17, 15) is 22.4 Å². The molecule has 0 aromatic heterocycles. The third-order valence-corrected chi connectivity index (χ3v) is 8.92. The topological polar surface area (TPSA) is 96.0 Å². The van der Waals surface area contributed by atoms with Crippen LogP contribution in [0.3, 0.4) is 0 Å². The average molecular weight is 632 g/mol. The van der Waals surface area contributed by atoms with Crippen LogP contribution in [0.4, 0.5) is 10.1 Å². The number of hydrogen-bond donors (Lipinski definition) is 1. The third kappa shape index (κ3) is 8.92. The molecule has 1 N–H and O–H groups in total. The standard InChI is InChI=1S/C35H38FN3O5S/c1-3-23-37-35(41)33(24-27-11-7-5-8-12-27)38(25-28-15-17-29(36)18-16-28)34(40)26-39(30-13-9-6-10-14-30)45(42,43)32-21-19-31(20-22-32)44-4-2/h5-22,33H,3-4,23-26H2,1-2H3,(H,37,41)/t33-/m0/s1. The van der Waals surface area contributed by atoms with Gasteiger partial charge in [0.2, 0.25) is 11.8 Å². The molecule has 1 atom stereocenters. The second-order valence-electron chi connectivity index (χ2n) is 10.4. The van der Waals surface area contributed by atoms with Crippen LogP contribution in [-0.4, -0.2) is 50.9 Å². The number of sulfonamides is 1. The normalized spacial score (nSPS) is 11.8. The van der Waals surface area contributed by atoms with E-state index >= 15 is 0 Å². The molecule has 236 valence electrons. The van der Waals surface area contributed by atoms with Crippen molar-refractivity contribution in [2.45, 2.75) is 44.2 Å². The van der Waals surface area contributed by atoms with Crippen molar-refractivity contribution in [2.75, 3.05) is 24.0 Å². The Balaban J connectivity index is 1.76. The highest BCUT2D eigenvalue weighted by molar-refractivity contribution is 7.92. The molecular formula is C35H38FN3O5S. The Labute approximate surface area is 264 Å². The summed E-state index contributed by atoms with van der Waals surface area (Å²) in [5.41, 5.74) is 1.70. The highest BCUT2D eigenvalue weighted by Gasteiger charge is 2.34. The molecule has 4 rings (SSSR count). The van der Waals surface area contributed by atoms with Crippen LogP contribution < -0.4 is 14.4 Å². The molecule has 0 spiro atoms. The molecule has 8 nitrogen and oxygen atoms in total. The first-order chi connectivity index (χ1) is 21.7. The Morgan fingerprint density at radius 1 is 0.822 bits per heavy atom. The molecule has 4 aromatic rings. The maximum atomic E-state index is 14.4. The van der Waals surface area contributed by atoms with Crippen LogP contribution in [0, 0.1) is 5.82 Å². The van der Waals surface area contributed by atoms with Gasteiger partial charge in [0.05, 0.1) is 17.2 Å². The first-order valence-corrected chi connectivity index (χ1v) is 16.3. The Morgan fingerprint density at radius 3 is 2.04 bits per heavy atom. The minimum Gasteiger partial charge on any atom is -0.494 e. The molecule has 0 saturated carbocycles. The number of para-hydroxylation sites is 1. The Morgan fingerprint density at radius 2 is 1.44 bits per heavy atom. The number of carbonyl (C=O) groups excluding carboxylic acids is 2. The maximum Gasteiger partial charge on any atom is 0.264 e. The summed E-state index contributed by atoms with van der Waals surface area (Å²) in [5, 5.41) is 2.90. The Bertz CT molecular complexity index is 1630. The van der Waals surface area contributed by atoms with Crippen molar-refractivity contribution in [1.82, 2.24) is 10.2 Å². The Hall–Kier alpha value is -4.70. The molecule has 0 unspecified atom stereocenters. The van der Waals surface area contributed by atoms with Gasteiger partial charge in [-0.25, -0.2) is 12.8 Å². The van der Waals surface area contributed by atoms with Crippen molar-refractivity contribution in [3.63, 3.8) is 0 Å². The lowest BCUT2D eigenvalue weighted by Gasteiger charge is -2.34. The van der Waals surface area contributed by atoms with Gasteiger partial charge in [-0.1, -0.05) is 67.6 Å². The minimum absolute atomic E-state index is 0.0192. The fourth-order valence-electron chi connectivity index (χ4n) is 4.83. The number of nitrogens with one attached hydrogen (secondary N) is 1. The summed E-state index contributed by atoms with van der Waals surface area (Å²) in [6, 6.07) is 28.3. The molecule has 0 aliphatic carbocycles. The predicted molar refractivity (Wildman–Crippen MR) is 173 cm³/mol. The van der Waals surface area contributed by atoms with Gasteiger partial charge < -0.3 is 15.0 Å². The van der Waals surface area contributed by atoms with Crippen LogP contribution >= 0.6 is 0 Å². The number of ether oxygens (including phenoxy) is 1. The van der Waals surface area contributed by atoms with Crippen LogP contribution in [0.1, 0.15) is 31.4 Å². The average Bonchev–Trinajstić information content (AvgIpc) is 3.06. The van der Waals surface area contributed by atoms with E-state index in [0.717, 1.165) is 9.87 Å². The lowest BCUT2D eigenvalue weighted by Crippen LogP contribution is -2.53. The number of halogens is 1. The molecular weight excluding hydrogens is 593 g/mol. The third-order valence-electron chi connectivity index (χ3n) is 7.13. The van der Waals surface area contributed by atoms with Gasteiger partial charge in [-0.2, -0.15) is 0 Å². The van der Waals surface area contributed by atoms with Crippen LogP contribution in [0.2, 0.25) is 0 Å². The van der Waals surface area contributed by atoms with Crippen molar-refractivity contribution in [2.24, 2.45) is 0 Å². The van der Waals surface area contributed by atoms with Gasteiger partial charge in [-0.15, -0.1) is 0 Å². The van der Waals surface area contributed by atoms with Crippen LogP contribution in [0.15, 0.2) is 114 Å². The number of hydrogen-bond acceptors (Lipinski definition) is 5. The molecule has 0 bridgehead atoms. The Kier molecular flexibility index (Phi) is 11.7. The molecule has 0 fully saturated rings. The summed E-state index contributed by atoms with van der Waals surface area (Å²) in [4.78, 5) is 29.4. The monoisotopic (exact) mass is 631 g/mol. The quantitative estimate of drug-likeness (QED) is 0.185. The summed E-state index contributed by atoms with van der Waals surface area (Å²) in [6.45, 7) is 3.98. The summed E-state index contributed by atoms with van der Waals surface area (Å²) >= 11 is 0. The van der Waals surface area contributed by atoms with E-state index in [1.807, 2.05) is 44.2 Å². The number of anilines is 1. The van der Waals surface area contributed by atoms with Gasteiger partial charge in [0.1, 0.15) is 24.2 Å². The highest BCUT2D eigenvalue weighted by atomic mass is 32.2. The van der Waals surface area contributed by atoms with E-state index < -0.39 is 34.3 Å². The number of nitrogens with zero attached hydrogens (tertiary/aromatic N) is 2. The first-order valence-electron chi connectivity index (χ1n) is 14.9. The molecule has 2 amide bonds. The van der Waals surface area contributed by atoms with Crippen molar-refractivity contribution >= 4 is 27.5 Å². The van der Waals surface area contributed by atoms with Gasteiger partial charge in [0.25, 0.3) is 10.0 Å². The molecule has 45 heavy (non-hydrogen) atoms. The van der Waals surface area contributed by atoms with Crippen molar-refractivity contribution in [3.8, 4) is 5.75 Å². The van der Waals surface area contributed by atoms with Crippen molar-refractivity contribution in [1.29, 1.82) is 0 Å². The van der Waals surface area contributed by atoms with Crippen LogP contribution in [-0.2, 0) is 32.6 Å². The molecule has 0 aliphatic heterocycles. The molecule has 0 heterocycles. The number of carbonyl (C=O) groups is 2. The minimum atomic E-state index is -4.23. The summed E-state index contributed by atoms with van der Waals surface area (Å²) in [6.07, 6.45) is 0.887. The SMILES string of the molecule is CCCNC(=O)[C@H](Cc1ccccc1)N(Cc1ccc(F)cc1)C(=O)CN(c1ccccc1)S(=O)(=O)c1ccc(OCC)cc1. The first kappa shape index (κ1) is 33.2. The molecule has 4 aromatic carbocycles. The van der Waals surface area contributed by atoms with Crippen LogP contribution in [0.5, 0.6) is 5.75 Å². The summed E-state index contributed by atoms with van der Waals surface area (Å²) in [5.74, 6) is -0.872. The van der Waals surface area contributed by atoms with Gasteiger partial charge in [0.15, 0.2) is 0 Å².